The van der Waals surface area contributed by atoms with E-state index in [9.17, 15) is 0 Å². The van der Waals surface area contributed by atoms with Crippen LogP contribution in [0.3, 0.4) is 0 Å². The first-order valence-corrected chi connectivity index (χ1v) is 5.24. The molecule has 0 aromatic carbocycles. The number of halogens is 1. The summed E-state index contributed by atoms with van der Waals surface area (Å²) in [6.07, 6.45) is 2.39. The average Bonchev–Trinajstić information content (AvgIpc) is 2.46. The Bertz CT molecular complexity index is 149. The van der Waals surface area contributed by atoms with Crippen molar-refractivity contribution < 1.29 is 4.74 Å². The number of hydrogen-bond donors (Lipinski definition) is 0. The fourth-order valence-electron chi connectivity index (χ4n) is 2.24. The van der Waals surface area contributed by atoms with E-state index in [1.54, 1.807) is 0 Å². The lowest BCUT2D eigenvalue weighted by Crippen LogP contribution is -2.56. The molecule has 1 spiro atoms. The molecule has 0 atom stereocenters. The second-order valence-electron chi connectivity index (χ2n) is 4.06. The van der Waals surface area contributed by atoms with Crippen molar-refractivity contribution in [2.24, 2.45) is 5.41 Å². The van der Waals surface area contributed by atoms with Crippen molar-refractivity contribution in [2.75, 3.05) is 38.7 Å². The molecule has 0 bridgehead atoms. The number of rotatable bonds is 3. The fourth-order valence-corrected chi connectivity index (χ4v) is 2.36. The number of alkyl halides is 1. The van der Waals surface area contributed by atoms with Crippen molar-refractivity contribution in [3.63, 3.8) is 0 Å². The molecule has 3 heteroatoms. The van der Waals surface area contributed by atoms with Gasteiger partial charge in [-0.1, -0.05) is 0 Å². The molecule has 2 fully saturated rings. The lowest BCUT2D eigenvalue weighted by Gasteiger charge is -2.47. The molecule has 12 heavy (non-hydrogen) atoms. The molecule has 2 saturated heterocycles. The highest BCUT2D eigenvalue weighted by atomic mass is 35.5. The van der Waals surface area contributed by atoms with E-state index >= 15 is 0 Å². The van der Waals surface area contributed by atoms with Crippen molar-refractivity contribution >= 4 is 11.6 Å². The van der Waals surface area contributed by atoms with E-state index in [1.165, 1.54) is 26.1 Å². The van der Waals surface area contributed by atoms with Gasteiger partial charge in [-0.15, -0.1) is 11.6 Å². The van der Waals surface area contributed by atoms with Crippen molar-refractivity contribution in [3.05, 3.63) is 0 Å². The Hall–Kier alpha value is 0.210. The highest BCUT2D eigenvalue weighted by Gasteiger charge is 2.45. The molecule has 0 aromatic rings. The van der Waals surface area contributed by atoms with Crippen LogP contribution in [-0.4, -0.2) is 43.6 Å². The summed E-state index contributed by atoms with van der Waals surface area (Å²) in [6, 6.07) is 0. The quantitative estimate of drug-likeness (QED) is 0.622. The van der Waals surface area contributed by atoms with E-state index < -0.39 is 0 Å². The fraction of sp³-hybridized carbons (Fsp3) is 1.00. The summed E-state index contributed by atoms with van der Waals surface area (Å²) in [5, 5.41) is 0. The third-order valence-corrected chi connectivity index (χ3v) is 3.18. The smallest absolute Gasteiger partial charge is 0.0547 e. The van der Waals surface area contributed by atoms with Gasteiger partial charge in [-0.25, -0.2) is 0 Å². The van der Waals surface area contributed by atoms with Gasteiger partial charge in [0.15, 0.2) is 0 Å². The molecule has 0 amide bonds. The van der Waals surface area contributed by atoms with Gasteiger partial charge in [-0.2, -0.15) is 0 Å². The maximum atomic E-state index is 5.63. The first-order valence-electron chi connectivity index (χ1n) is 4.71. The molecule has 2 rings (SSSR count). The Morgan fingerprint density at radius 1 is 1.42 bits per heavy atom. The molecular weight excluding hydrogens is 174 g/mol. The zero-order chi connectivity index (χ0) is 8.44. The predicted octanol–water partition coefficient (Wildman–Crippen LogP) is 1.34. The molecule has 0 unspecified atom stereocenters. The van der Waals surface area contributed by atoms with Gasteiger partial charge < -0.3 is 9.64 Å². The Labute approximate surface area is 78.8 Å². The third kappa shape index (κ3) is 1.61. The second kappa shape index (κ2) is 3.52. The maximum Gasteiger partial charge on any atom is 0.0547 e. The van der Waals surface area contributed by atoms with Crippen LogP contribution in [0.2, 0.25) is 0 Å². The molecule has 2 nitrogen and oxygen atoms in total. The molecule has 0 aromatic heterocycles. The SMILES string of the molecule is ClCCCN1CC2(CCOC2)C1. The summed E-state index contributed by atoms with van der Waals surface area (Å²) in [6.45, 7) is 5.62. The molecule has 70 valence electrons. The van der Waals surface area contributed by atoms with Gasteiger partial charge in [0.05, 0.1) is 6.61 Å². The minimum Gasteiger partial charge on any atom is -0.381 e. The second-order valence-corrected chi connectivity index (χ2v) is 4.43. The molecule has 0 N–H and O–H groups in total. The van der Waals surface area contributed by atoms with Crippen molar-refractivity contribution in [1.82, 2.24) is 4.90 Å². The largest absolute Gasteiger partial charge is 0.381 e. The lowest BCUT2D eigenvalue weighted by molar-refractivity contribution is -0.00618. The Kier molecular flexibility index (Phi) is 2.58. The van der Waals surface area contributed by atoms with Gasteiger partial charge in [0.2, 0.25) is 0 Å². The number of hydrogen-bond acceptors (Lipinski definition) is 2. The zero-order valence-electron chi connectivity index (χ0n) is 7.39. The van der Waals surface area contributed by atoms with Crippen molar-refractivity contribution in [1.29, 1.82) is 0 Å². The van der Waals surface area contributed by atoms with Crippen LogP contribution in [0.25, 0.3) is 0 Å². The first-order chi connectivity index (χ1) is 5.85. The number of likely N-dealkylation sites (tertiary alicyclic amines) is 1. The number of nitrogens with zero attached hydrogens (tertiary/aromatic N) is 1. The lowest BCUT2D eigenvalue weighted by atomic mass is 9.79. The van der Waals surface area contributed by atoms with Gasteiger partial charge in [0.25, 0.3) is 0 Å². The minimum absolute atomic E-state index is 0.548. The molecule has 0 saturated carbocycles. The van der Waals surface area contributed by atoms with Crippen LogP contribution in [0, 0.1) is 5.41 Å². The van der Waals surface area contributed by atoms with Crippen LogP contribution >= 0.6 is 11.6 Å². The summed E-state index contributed by atoms with van der Waals surface area (Å²) in [5.41, 5.74) is 0.548. The summed E-state index contributed by atoms with van der Waals surface area (Å²) in [7, 11) is 0. The van der Waals surface area contributed by atoms with Crippen molar-refractivity contribution in [2.45, 2.75) is 12.8 Å². The summed E-state index contributed by atoms with van der Waals surface area (Å²) in [5.74, 6) is 0.792. The molecular formula is C9H16ClNO. The Balaban J connectivity index is 1.68. The van der Waals surface area contributed by atoms with Gasteiger partial charge in [-0.3, -0.25) is 0 Å². The molecule has 0 aliphatic carbocycles. The topological polar surface area (TPSA) is 12.5 Å². The van der Waals surface area contributed by atoms with Crippen LogP contribution in [0.15, 0.2) is 0 Å². The monoisotopic (exact) mass is 189 g/mol. The number of ether oxygens (including phenoxy) is 1. The van der Waals surface area contributed by atoms with Crippen LogP contribution in [-0.2, 0) is 4.74 Å². The van der Waals surface area contributed by atoms with E-state index in [0.29, 0.717) is 5.41 Å². The van der Waals surface area contributed by atoms with Gasteiger partial charge in [-0.05, 0) is 19.4 Å². The van der Waals surface area contributed by atoms with Crippen LogP contribution in [0.1, 0.15) is 12.8 Å². The van der Waals surface area contributed by atoms with E-state index in [0.717, 1.165) is 25.5 Å². The molecule has 0 radical (unpaired) electrons. The minimum atomic E-state index is 0.548. The summed E-state index contributed by atoms with van der Waals surface area (Å²) < 4.78 is 5.40. The normalized spacial score (nSPS) is 27.8. The van der Waals surface area contributed by atoms with E-state index in [-0.39, 0.29) is 0 Å². The Morgan fingerprint density at radius 3 is 2.83 bits per heavy atom. The molecule has 2 aliphatic rings. The van der Waals surface area contributed by atoms with Gasteiger partial charge in [0, 0.05) is 31.0 Å². The summed E-state index contributed by atoms with van der Waals surface area (Å²) >= 11 is 5.63. The van der Waals surface area contributed by atoms with Crippen LogP contribution < -0.4 is 0 Å². The Morgan fingerprint density at radius 2 is 2.25 bits per heavy atom. The van der Waals surface area contributed by atoms with E-state index in [4.69, 9.17) is 16.3 Å². The van der Waals surface area contributed by atoms with E-state index in [2.05, 4.69) is 4.90 Å². The van der Waals surface area contributed by atoms with E-state index in [1.807, 2.05) is 0 Å². The summed E-state index contributed by atoms with van der Waals surface area (Å²) in [4.78, 5) is 2.48. The highest BCUT2D eigenvalue weighted by molar-refractivity contribution is 6.17. The van der Waals surface area contributed by atoms with Crippen LogP contribution in [0.5, 0.6) is 0 Å². The molecule has 2 heterocycles. The maximum absolute atomic E-state index is 5.63. The third-order valence-electron chi connectivity index (χ3n) is 2.91. The predicted molar refractivity (Wildman–Crippen MR) is 49.6 cm³/mol. The first kappa shape index (κ1) is 8.79. The zero-order valence-corrected chi connectivity index (χ0v) is 8.15. The van der Waals surface area contributed by atoms with Crippen molar-refractivity contribution in [3.8, 4) is 0 Å². The highest BCUT2D eigenvalue weighted by Crippen LogP contribution is 2.37. The standard InChI is InChI=1S/C9H16ClNO/c10-3-1-4-11-6-9(7-11)2-5-12-8-9/h1-8H2. The van der Waals surface area contributed by atoms with Crippen LogP contribution in [0.4, 0.5) is 0 Å². The van der Waals surface area contributed by atoms with Gasteiger partial charge in [0.1, 0.15) is 0 Å². The average molecular weight is 190 g/mol. The molecule has 2 aliphatic heterocycles. The van der Waals surface area contributed by atoms with Gasteiger partial charge >= 0.3 is 0 Å².